The average molecular weight is 1060 g/mol. The van der Waals surface area contributed by atoms with Crippen LogP contribution in [0.2, 0.25) is 5.02 Å². The molecule has 0 aliphatic heterocycles. The quantitative estimate of drug-likeness (QED) is 0.0388. The van der Waals surface area contributed by atoms with Crippen molar-refractivity contribution < 1.29 is 73.3 Å². The summed E-state index contributed by atoms with van der Waals surface area (Å²) >= 11 is 11.5. The number of nitro groups is 2. The number of nitrogens with one attached hydrogen (secondary N) is 1. The number of rotatable bonds is 15. The molecule has 4 aromatic carbocycles. The van der Waals surface area contributed by atoms with Gasteiger partial charge in [0.15, 0.2) is 27.2 Å². The number of sulfonamides is 1. The van der Waals surface area contributed by atoms with E-state index in [0.29, 0.717) is 31.4 Å². The van der Waals surface area contributed by atoms with Crippen LogP contribution in [0.5, 0.6) is 11.5 Å². The molecule has 2 amide bonds. The number of Topliss-reactive ketones (excluding diaryl/α,β-unsaturated/α-hetero) is 3. The van der Waals surface area contributed by atoms with Gasteiger partial charge in [-0.25, -0.2) is 21.6 Å². The van der Waals surface area contributed by atoms with E-state index in [1.807, 2.05) is 26.0 Å². The second-order valence-corrected chi connectivity index (χ2v) is 19.8. The number of ketones is 3. The molecule has 1 fully saturated rings. The number of nitro benzene ring substituents is 2. The number of para-hydroxylation sites is 1. The lowest BCUT2D eigenvalue weighted by atomic mass is 9.81. The number of halogens is 5. The highest BCUT2D eigenvalue weighted by Crippen LogP contribution is 2.37. The lowest BCUT2D eigenvalue weighted by molar-refractivity contribution is -0.385. The first-order valence-corrected chi connectivity index (χ1v) is 25.0. The summed E-state index contributed by atoms with van der Waals surface area (Å²) < 4.78 is 95.4. The minimum Gasteiger partial charge on any atom is -0.456 e. The average Bonchev–Trinajstić information content (AvgIpc) is 3.26. The maximum Gasteiger partial charge on any atom is 0.416 e. The Balaban J connectivity index is 0.000000283. The molecule has 1 N–H and O–H groups in total. The Morgan fingerprint density at radius 3 is 2.01 bits per heavy atom. The Bertz CT molecular complexity index is 2900. The summed E-state index contributed by atoms with van der Waals surface area (Å²) in [4.78, 5) is 82.1. The van der Waals surface area contributed by atoms with Crippen LogP contribution in [-0.2, 0) is 51.6 Å². The summed E-state index contributed by atoms with van der Waals surface area (Å²) in [6.45, 7) is 6.56. The topological polar surface area (TPSA) is 274 Å². The monoisotopic (exact) mass is 1060 g/mol. The molecule has 1 atom stereocenters. The highest BCUT2D eigenvalue weighted by molar-refractivity contribution is 7.90. The highest BCUT2D eigenvalue weighted by atomic mass is 35.5. The molecule has 26 heteroatoms. The van der Waals surface area contributed by atoms with Gasteiger partial charge in [0.05, 0.1) is 55.5 Å². The molecule has 1 aliphatic rings. The predicted octanol–water partition coefficient (Wildman–Crippen LogP) is 8.03. The molecule has 4 aromatic rings. The van der Waals surface area contributed by atoms with Crippen LogP contribution in [0.25, 0.3) is 0 Å². The maximum absolute atomic E-state index is 12.7. The van der Waals surface area contributed by atoms with E-state index < -0.39 is 98.1 Å². The zero-order valence-corrected chi connectivity index (χ0v) is 41.1. The molecule has 0 spiro atoms. The van der Waals surface area contributed by atoms with Crippen LogP contribution in [0.15, 0.2) is 77.7 Å². The predicted molar refractivity (Wildman–Crippen MR) is 250 cm³/mol. The lowest BCUT2D eigenvalue weighted by Crippen LogP contribution is -2.43. The third-order valence-electron chi connectivity index (χ3n) is 9.96. The smallest absolute Gasteiger partial charge is 0.416 e. The molecule has 70 heavy (non-hydrogen) atoms. The molecule has 5 rings (SSSR count). The molecule has 1 saturated carbocycles. The number of methoxy groups -OCH3 is 1. The molecule has 0 saturated heterocycles. The molecule has 0 radical (unpaired) electrons. The summed E-state index contributed by atoms with van der Waals surface area (Å²) in [6.07, 6.45) is -1.69. The van der Waals surface area contributed by atoms with Gasteiger partial charge in [-0.2, -0.15) is 13.2 Å². The standard InChI is InChI=1S/C15H10ClF3N2O6S.C15H22ClNO2.C14H13NO7S/c1-28(25,26)20-14(22)10-7-9(3-4-12(10)21(23)24)27-13-5-2-8(6-11(13)16)15(17,18)19;1-5-13-8-6-7-11(2)15(13)17(14(18)9-16)12(3)10-19-4;1-23(21,22)8-5-6-9(10(7-8)15(19)20)14(18)13-11(16)3-2-4-12(13)17/h2-7H,1H3,(H,20,22);6-8,12H,5,9-10H2,1-4H3;5-7,13H,2-4H2,1H3. The van der Waals surface area contributed by atoms with Crippen LogP contribution in [0.1, 0.15) is 70.5 Å². The number of amides is 2. The van der Waals surface area contributed by atoms with Gasteiger partial charge in [0.1, 0.15) is 28.9 Å². The van der Waals surface area contributed by atoms with Crippen molar-refractivity contribution >= 4 is 89.3 Å². The molecule has 1 unspecified atom stereocenters. The van der Waals surface area contributed by atoms with Crippen molar-refractivity contribution in [3.63, 3.8) is 0 Å². The second kappa shape index (κ2) is 24.5. The Hall–Kier alpha value is -6.34. The van der Waals surface area contributed by atoms with Gasteiger partial charge in [0, 0.05) is 44.4 Å². The highest BCUT2D eigenvalue weighted by Gasteiger charge is 2.39. The normalized spacial score (nSPS) is 13.4. The van der Waals surface area contributed by atoms with E-state index in [1.54, 1.807) is 16.7 Å². The van der Waals surface area contributed by atoms with Crippen LogP contribution in [0, 0.1) is 33.1 Å². The van der Waals surface area contributed by atoms with Crippen LogP contribution in [0.4, 0.5) is 30.2 Å². The number of benzene rings is 4. The fraction of sp³-hybridized carbons (Fsp3) is 0.341. The largest absolute Gasteiger partial charge is 0.456 e. The van der Waals surface area contributed by atoms with Crippen molar-refractivity contribution in [2.45, 2.75) is 63.6 Å². The van der Waals surface area contributed by atoms with Gasteiger partial charge in [0.25, 0.3) is 17.3 Å². The molecule has 0 heterocycles. The number of sulfone groups is 1. The Labute approximate surface area is 409 Å². The van der Waals surface area contributed by atoms with Crippen molar-refractivity contribution in [2.75, 3.05) is 37.0 Å². The van der Waals surface area contributed by atoms with E-state index in [1.165, 1.54) is 0 Å². The number of alkyl halides is 4. The molecule has 0 bridgehead atoms. The van der Waals surface area contributed by atoms with Crippen LogP contribution < -0.4 is 14.4 Å². The number of nitrogens with zero attached hydrogens (tertiary/aromatic N) is 3. The SMILES string of the molecule is CCc1cccc(C)c1N(C(=O)CCl)C(C)COC.CS(=O)(=O)NC(=O)c1cc(Oc2ccc(C(F)(F)F)cc2Cl)ccc1[N+](=O)[O-].CS(=O)(=O)c1ccc(C(=O)C2C(=O)CCCC2=O)c([N+](=O)[O-])c1. The summed E-state index contributed by atoms with van der Waals surface area (Å²) in [5.74, 6) is -5.40. The fourth-order valence-corrected chi connectivity index (χ4v) is 8.24. The first-order valence-electron chi connectivity index (χ1n) is 20.4. The van der Waals surface area contributed by atoms with Crippen molar-refractivity contribution in [1.82, 2.24) is 4.72 Å². The summed E-state index contributed by atoms with van der Waals surface area (Å²) in [5, 5.41) is 21.8. The Kier molecular flexibility index (Phi) is 20.3. The van der Waals surface area contributed by atoms with Gasteiger partial charge in [0.2, 0.25) is 15.9 Å². The zero-order valence-electron chi connectivity index (χ0n) is 38.0. The van der Waals surface area contributed by atoms with Crippen molar-refractivity contribution in [1.29, 1.82) is 0 Å². The number of carbonyl (C=O) groups is 5. The van der Waals surface area contributed by atoms with Crippen molar-refractivity contribution in [2.24, 2.45) is 5.92 Å². The number of anilines is 1. The van der Waals surface area contributed by atoms with Crippen molar-refractivity contribution in [3.05, 3.63) is 126 Å². The van der Waals surface area contributed by atoms with E-state index in [0.717, 1.165) is 72.0 Å². The lowest BCUT2D eigenvalue weighted by Gasteiger charge is -2.31. The molecule has 0 aromatic heterocycles. The van der Waals surface area contributed by atoms with E-state index in [-0.39, 0.29) is 47.1 Å². The minimum absolute atomic E-state index is 0.0223. The zero-order chi connectivity index (χ0) is 53.1. The van der Waals surface area contributed by atoms with Gasteiger partial charge in [-0.1, -0.05) is 36.7 Å². The van der Waals surface area contributed by atoms with E-state index in [9.17, 15) is 74.2 Å². The number of aryl methyl sites for hydroxylation is 2. The number of ether oxygens (including phenoxy) is 2. The Morgan fingerprint density at radius 1 is 0.900 bits per heavy atom. The molecular formula is C44H45Cl2F3N4O15S2. The van der Waals surface area contributed by atoms with E-state index >= 15 is 0 Å². The minimum atomic E-state index is -4.62. The molecule has 378 valence electrons. The van der Waals surface area contributed by atoms with Gasteiger partial charge >= 0.3 is 6.18 Å². The van der Waals surface area contributed by atoms with Crippen LogP contribution in [0.3, 0.4) is 0 Å². The maximum atomic E-state index is 12.7. The number of hydrogen-bond acceptors (Lipinski definition) is 15. The van der Waals surface area contributed by atoms with Crippen molar-refractivity contribution in [3.8, 4) is 11.5 Å². The first kappa shape index (κ1) is 58.0. The van der Waals surface area contributed by atoms with Gasteiger partial charge in [-0.05, 0) is 74.2 Å². The van der Waals surface area contributed by atoms with Gasteiger partial charge < -0.3 is 14.4 Å². The Morgan fingerprint density at radius 2 is 1.51 bits per heavy atom. The van der Waals surface area contributed by atoms with E-state index in [2.05, 4.69) is 13.0 Å². The second-order valence-electron chi connectivity index (χ2n) is 15.3. The summed E-state index contributed by atoms with van der Waals surface area (Å²) in [7, 11) is -6.06. The summed E-state index contributed by atoms with van der Waals surface area (Å²) in [5.41, 5.74) is -0.299. The number of hydrogen-bond donors (Lipinski definition) is 1. The van der Waals surface area contributed by atoms with E-state index in [4.69, 9.17) is 32.7 Å². The van der Waals surface area contributed by atoms with Crippen LogP contribution in [-0.4, -0.2) is 94.0 Å². The van der Waals surface area contributed by atoms with Gasteiger partial charge in [-0.15, -0.1) is 11.6 Å². The molecular weight excluding hydrogens is 1020 g/mol. The first-order chi connectivity index (χ1) is 32.5. The third-order valence-corrected chi connectivity index (χ3v) is 12.2. The third kappa shape index (κ3) is 15.6. The molecule has 19 nitrogen and oxygen atoms in total. The fourth-order valence-electron chi connectivity index (χ4n) is 6.81. The van der Waals surface area contributed by atoms with Crippen LogP contribution >= 0.6 is 23.2 Å². The molecule has 1 aliphatic carbocycles. The van der Waals surface area contributed by atoms with Gasteiger partial charge in [-0.3, -0.25) is 44.2 Å². The summed E-state index contributed by atoms with van der Waals surface area (Å²) in [6, 6.07) is 13.9. The number of carbonyl (C=O) groups excluding carboxylic acids is 5.